The Balaban J connectivity index is 3.40. The molecule has 0 fully saturated rings. The summed E-state index contributed by atoms with van der Waals surface area (Å²) >= 11 is 0. The first kappa shape index (κ1) is 2.15. The van der Waals surface area contributed by atoms with E-state index >= 15 is 0 Å². The fourth-order valence-electron chi connectivity index (χ4n) is 0.330. The summed E-state index contributed by atoms with van der Waals surface area (Å²) in [7, 11) is 0. The third-order valence-corrected chi connectivity index (χ3v) is 0.674. The van der Waals surface area contributed by atoms with Gasteiger partial charge in [0.05, 0.1) is 12.1 Å². The minimum Gasteiger partial charge on any atom is -0.392 e. The van der Waals surface area contributed by atoms with Crippen molar-refractivity contribution in [2.45, 2.75) is 6.61 Å². The van der Waals surface area contributed by atoms with Crippen molar-refractivity contribution in [3.8, 4) is 0 Å². The Morgan fingerprint density at radius 1 is 1.88 bits per heavy atom. The fourth-order valence-corrected chi connectivity index (χ4v) is 0.330. The molecular formula is C6H7NO. The molecule has 0 saturated heterocycles. The monoisotopic (exact) mass is 113 g/mol. The van der Waals surface area contributed by atoms with Crippen LogP contribution in [0.3, 0.4) is 0 Å². The van der Waals surface area contributed by atoms with Gasteiger partial charge in [0.25, 0.3) is 0 Å². The molecule has 0 radical (unpaired) electrons. The molecule has 1 N–H and O–H groups in total. The first-order valence-corrected chi connectivity index (χ1v) is 2.12. The molecule has 1 aromatic rings. The molecule has 0 aromatic carbocycles. The van der Waals surface area contributed by atoms with Crippen LogP contribution in [-0.2, 0) is 6.61 Å². The molecule has 1 rings (SSSR count). The van der Waals surface area contributed by atoms with Crippen LogP contribution in [0.4, 0.5) is 0 Å². The molecule has 0 saturated carbocycles. The lowest BCUT2D eigenvalue weighted by atomic mass is 10.3. The Kier molecular flexibility index (Phi) is 0.652. The van der Waals surface area contributed by atoms with E-state index in [4.69, 9.17) is 10.6 Å². The molecule has 2 nitrogen and oxygen atoms in total. The average molecular weight is 113 g/mol. The molecule has 0 atom stereocenters. The first-order valence-electron chi connectivity index (χ1n) is 4.12. The van der Waals surface area contributed by atoms with E-state index in [0.29, 0.717) is 0 Å². The maximum absolute atomic E-state index is 8.69. The molecule has 0 unspecified atom stereocenters. The predicted octanol–water partition coefficient (Wildman–Crippen LogP) is 0.574. The molecule has 0 aliphatic rings. The van der Waals surface area contributed by atoms with Gasteiger partial charge in [-0.25, -0.2) is 0 Å². The molecule has 0 amide bonds. The van der Waals surface area contributed by atoms with Crippen molar-refractivity contribution >= 4 is 0 Å². The van der Waals surface area contributed by atoms with Gasteiger partial charge in [-0.2, -0.15) is 0 Å². The van der Waals surface area contributed by atoms with Gasteiger partial charge in [-0.15, -0.1) is 0 Å². The number of aliphatic hydroxyl groups is 1. The molecule has 0 aliphatic carbocycles. The average Bonchev–Trinajstić information content (AvgIpc) is 2.01. The third kappa shape index (κ3) is 1.04. The van der Waals surface area contributed by atoms with Crippen LogP contribution in [0.2, 0.25) is 0 Å². The SMILES string of the molecule is [2H]c1nc([2H])c(CO)c([2H])c1[2H]. The predicted molar refractivity (Wildman–Crippen MR) is 30.2 cm³/mol. The number of nitrogens with zero attached hydrogens (tertiary/aromatic N) is 1. The van der Waals surface area contributed by atoms with E-state index in [1.165, 1.54) is 0 Å². The van der Waals surface area contributed by atoms with Crippen molar-refractivity contribution in [1.29, 1.82) is 0 Å². The Labute approximate surface area is 53.4 Å². The number of aromatic nitrogens is 1. The van der Waals surface area contributed by atoms with E-state index in [0.717, 1.165) is 0 Å². The summed E-state index contributed by atoms with van der Waals surface area (Å²) < 4.78 is 28.6. The van der Waals surface area contributed by atoms with Crippen LogP contribution in [-0.4, -0.2) is 10.1 Å². The standard InChI is InChI=1S/C6H7NO/c8-5-6-2-1-3-7-4-6/h1-4,8H,5H2/i1D,2D,3D,4D. The van der Waals surface area contributed by atoms with Crippen LogP contribution in [0.25, 0.3) is 0 Å². The van der Waals surface area contributed by atoms with E-state index in [1.807, 2.05) is 0 Å². The summed E-state index contributed by atoms with van der Waals surface area (Å²) in [6, 6.07) is -0.641. The maximum atomic E-state index is 8.69. The number of hydrogen-bond donors (Lipinski definition) is 1. The Morgan fingerprint density at radius 2 is 2.75 bits per heavy atom. The number of aliphatic hydroxyl groups excluding tert-OH is 1. The summed E-state index contributed by atoms with van der Waals surface area (Å²) in [4.78, 5) is 3.37. The van der Waals surface area contributed by atoms with Gasteiger partial charge >= 0.3 is 0 Å². The van der Waals surface area contributed by atoms with Crippen molar-refractivity contribution in [1.82, 2.24) is 4.98 Å². The highest BCUT2D eigenvalue weighted by Gasteiger charge is 1.82. The second-order valence-corrected chi connectivity index (χ2v) is 1.22. The highest BCUT2D eigenvalue weighted by atomic mass is 16.3. The van der Waals surface area contributed by atoms with Gasteiger partial charge in [0.2, 0.25) is 0 Å². The molecule has 42 valence electrons. The summed E-state index contributed by atoms with van der Waals surface area (Å²) in [6.45, 7) is -0.489. The molecular weight excluding hydrogens is 102 g/mol. The van der Waals surface area contributed by atoms with Gasteiger partial charge in [-0.3, -0.25) is 4.98 Å². The largest absolute Gasteiger partial charge is 0.392 e. The van der Waals surface area contributed by atoms with Gasteiger partial charge < -0.3 is 5.11 Å². The van der Waals surface area contributed by atoms with Crippen molar-refractivity contribution in [2.75, 3.05) is 0 Å². The lowest BCUT2D eigenvalue weighted by Crippen LogP contribution is -1.80. The van der Waals surface area contributed by atoms with Crippen LogP contribution in [0.15, 0.2) is 24.4 Å². The number of rotatable bonds is 1. The van der Waals surface area contributed by atoms with Gasteiger partial charge in [0, 0.05) is 12.3 Å². The van der Waals surface area contributed by atoms with Crippen LogP contribution >= 0.6 is 0 Å². The summed E-state index contributed by atoms with van der Waals surface area (Å²) in [5.41, 5.74) is -0.00370. The Morgan fingerprint density at radius 3 is 3.50 bits per heavy atom. The summed E-state index contributed by atoms with van der Waals surface area (Å²) in [6.07, 6.45) is -0.703. The molecule has 1 heterocycles. The highest BCUT2D eigenvalue weighted by molar-refractivity contribution is 5.06. The van der Waals surface area contributed by atoms with Crippen molar-refractivity contribution in [3.63, 3.8) is 0 Å². The van der Waals surface area contributed by atoms with Gasteiger partial charge in [-0.1, -0.05) is 6.04 Å². The van der Waals surface area contributed by atoms with Crippen LogP contribution in [0.1, 0.15) is 11.0 Å². The molecule has 1 aromatic heterocycles. The molecule has 8 heavy (non-hydrogen) atoms. The quantitative estimate of drug-likeness (QED) is 0.577. The van der Waals surface area contributed by atoms with Gasteiger partial charge in [0.15, 0.2) is 0 Å². The molecule has 0 spiro atoms. The van der Waals surface area contributed by atoms with Crippen LogP contribution < -0.4 is 0 Å². The summed E-state index contributed by atoms with van der Waals surface area (Å²) in [5.74, 6) is 0. The first-order chi connectivity index (χ1) is 5.57. The van der Waals surface area contributed by atoms with Crippen molar-refractivity contribution in [3.05, 3.63) is 30.0 Å². The minimum atomic E-state index is -0.489. The third-order valence-electron chi connectivity index (χ3n) is 0.674. The van der Waals surface area contributed by atoms with Crippen molar-refractivity contribution in [2.24, 2.45) is 0 Å². The summed E-state index contributed by atoms with van der Waals surface area (Å²) in [5, 5.41) is 8.69. The topological polar surface area (TPSA) is 33.1 Å². The lowest BCUT2D eigenvalue weighted by Gasteiger charge is -1.88. The van der Waals surface area contributed by atoms with E-state index in [1.54, 1.807) is 0 Å². The Hall–Kier alpha value is -0.890. The van der Waals surface area contributed by atoms with E-state index in [9.17, 15) is 0 Å². The highest BCUT2D eigenvalue weighted by Crippen LogP contribution is 1.92. The molecule has 0 aliphatic heterocycles. The van der Waals surface area contributed by atoms with E-state index in [2.05, 4.69) is 4.98 Å². The zero-order valence-electron chi connectivity index (χ0n) is 8.10. The normalized spacial score (nSPS) is 16.1. The fraction of sp³-hybridized carbons (Fsp3) is 0.167. The van der Waals surface area contributed by atoms with E-state index in [-0.39, 0.29) is 23.8 Å². The number of hydrogen-bond acceptors (Lipinski definition) is 2. The van der Waals surface area contributed by atoms with Crippen molar-refractivity contribution < 1.29 is 10.6 Å². The van der Waals surface area contributed by atoms with Crippen LogP contribution in [0.5, 0.6) is 0 Å². The van der Waals surface area contributed by atoms with Crippen LogP contribution in [0, 0.1) is 0 Å². The zero-order valence-corrected chi connectivity index (χ0v) is 4.10. The maximum Gasteiger partial charge on any atom is 0.0844 e. The zero-order chi connectivity index (χ0) is 9.30. The minimum absolute atomic E-state index is 0.00370. The molecule has 0 bridgehead atoms. The second-order valence-electron chi connectivity index (χ2n) is 1.22. The number of pyridine rings is 1. The molecule has 2 heteroatoms. The van der Waals surface area contributed by atoms with Gasteiger partial charge in [-0.05, 0) is 11.6 Å². The Bertz CT molecular complexity index is 315. The smallest absolute Gasteiger partial charge is 0.0844 e. The van der Waals surface area contributed by atoms with Gasteiger partial charge in [0.1, 0.15) is 0 Å². The van der Waals surface area contributed by atoms with E-state index < -0.39 is 12.8 Å². The second kappa shape index (κ2) is 2.43. The lowest BCUT2D eigenvalue weighted by molar-refractivity contribution is 0.281.